The van der Waals surface area contributed by atoms with Crippen molar-refractivity contribution in [2.45, 2.75) is 25.8 Å². The van der Waals surface area contributed by atoms with Crippen molar-refractivity contribution in [2.75, 3.05) is 0 Å². The third kappa shape index (κ3) is 2.51. The lowest BCUT2D eigenvalue weighted by Crippen LogP contribution is -2.24. The minimum Gasteiger partial charge on any atom is -0.292 e. The van der Waals surface area contributed by atoms with Gasteiger partial charge in [-0.3, -0.25) is 9.13 Å². The zero-order valence-corrected chi connectivity index (χ0v) is 12.9. The molecule has 0 aliphatic carbocycles. The molecule has 4 heteroatoms. The van der Waals surface area contributed by atoms with Gasteiger partial charge in [0.15, 0.2) is 0 Å². The lowest BCUT2D eigenvalue weighted by atomic mass is 10.1. The molecule has 0 radical (unpaired) electrons. The lowest BCUT2D eigenvalue weighted by molar-refractivity contribution is 0.684. The van der Waals surface area contributed by atoms with E-state index in [9.17, 15) is 4.79 Å². The van der Waals surface area contributed by atoms with E-state index in [1.807, 2.05) is 40.3 Å². The summed E-state index contributed by atoms with van der Waals surface area (Å²) < 4.78 is 3.66. The van der Waals surface area contributed by atoms with Gasteiger partial charge in [-0.1, -0.05) is 36.4 Å². The number of aromatic nitrogens is 2. The lowest BCUT2D eigenvalue weighted by Gasteiger charge is -2.04. The fraction of sp³-hybridized carbons (Fsp3) is 0.235. The van der Waals surface area contributed by atoms with Crippen molar-refractivity contribution < 1.29 is 0 Å². The van der Waals surface area contributed by atoms with E-state index in [1.165, 1.54) is 5.56 Å². The van der Waals surface area contributed by atoms with Crippen LogP contribution in [-0.4, -0.2) is 9.13 Å². The summed E-state index contributed by atoms with van der Waals surface area (Å²) in [6.07, 6.45) is 0. The van der Waals surface area contributed by atoms with Crippen LogP contribution in [0.4, 0.5) is 0 Å². The van der Waals surface area contributed by atoms with E-state index in [1.54, 1.807) is 0 Å². The van der Waals surface area contributed by atoms with Crippen LogP contribution in [0.5, 0.6) is 0 Å². The van der Waals surface area contributed by atoms with Gasteiger partial charge in [0, 0.05) is 12.3 Å². The molecule has 0 aliphatic heterocycles. The van der Waals surface area contributed by atoms with Crippen LogP contribution < -0.4 is 5.69 Å². The monoisotopic (exact) mass is 298 g/mol. The smallest absolute Gasteiger partial charge is 0.292 e. The predicted octanol–water partition coefficient (Wildman–Crippen LogP) is 3.30. The molecule has 0 saturated heterocycles. The number of nitrogens with zero attached hydrogens (tertiary/aromatic N) is 2. The summed E-state index contributed by atoms with van der Waals surface area (Å²) in [7, 11) is 0. The van der Waals surface area contributed by atoms with Crippen LogP contribution in [-0.2, 0) is 18.8 Å². The van der Waals surface area contributed by atoms with E-state index >= 15 is 0 Å². The number of hydrogen-bond donors (Lipinski definition) is 1. The average Bonchev–Trinajstić information content (AvgIpc) is 2.80. The summed E-state index contributed by atoms with van der Waals surface area (Å²) in [5.41, 5.74) is 4.35. The number of hydrogen-bond acceptors (Lipinski definition) is 2. The number of rotatable bonds is 4. The molecule has 3 aromatic rings. The third-order valence-corrected chi connectivity index (χ3v) is 4.15. The maximum absolute atomic E-state index is 12.6. The van der Waals surface area contributed by atoms with Gasteiger partial charge in [-0.25, -0.2) is 4.79 Å². The van der Waals surface area contributed by atoms with E-state index in [2.05, 4.69) is 36.9 Å². The second-order valence-electron chi connectivity index (χ2n) is 5.08. The van der Waals surface area contributed by atoms with Gasteiger partial charge in [0.05, 0.1) is 17.6 Å². The zero-order chi connectivity index (χ0) is 14.8. The maximum Gasteiger partial charge on any atom is 0.329 e. The molecule has 108 valence electrons. The fourth-order valence-electron chi connectivity index (χ4n) is 2.66. The van der Waals surface area contributed by atoms with Crippen molar-refractivity contribution in [1.29, 1.82) is 0 Å². The quantitative estimate of drug-likeness (QED) is 0.735. The predicted molar refractivity (Wildman–Crippen MR) is 90.1 cm³/mol. The van der Waals surface area contributed by atoms with Crippen molar-refractivity contribution in [3.63, 3.8) is 0 Å². The van der Waals surface area contributed by atoms with Gasteiger partial charge in [-0.2, -0.15) is 12.6 Å². The molecule has 0 spiro atoms. The van der Waals surface area contributed by atoms with Gasteiger partial charge in [0.2, 0.25) is 0 Å². The van der Waals surface area contributed by atoms with Crippen LogP contribution in [0.25, 0.3) is 11.0 Å². The Morgan fingerprint density at radius 1 is 0.905 bits per heavy atom. The van der Waals surface area contributed by atoms with Gasteiger partial charge in [-0.05, 0) is 30.2 Å². The Balaban J connectivity index is 2.07. The molecule has 0 bridgehead atoms. The number of fused-ring (bicyclic) bond motifs is 1. The zero-order valence-electron chi connectivity index (χ0n) is 12.0. The molecule has 0 N–H and O–H groups in total. The van der Waals surface area contributed by atoms with Gasteiger partial charge in [0.1, 0.15) is 0 Å². The van der Waals surface area contributed by atoms with E-state index < -0.39 is 0 Å². The summed E-state index contributed by atoms with van der Waals surface area (Å²) in [5, 5.41) is 0. The van der Waals surface area contributed by atoms with Crippen molar-refractivity contribution in [3.05, 3.63) is 70.1 Å². The van der Waals surface area contributed by atoms with E-state index in [4.69, 9.17) is 0 Å². The highest BCUT2D eigenvalue weighted by Gasteiger charge is 2.11. The molecular weight excluding hydrogens is 280 g/mol. The van der Waals surface area contributed by atoms with Crippen LogP contribution in [0.3, 0.4) is 0 Å². The van der Waals surface area contributed by atoms with E-state index in [-0.39, 0.29) is 5.69 Å². The molecule has 2 aromatic carbocycles. The normalized spacial score (nSPS) is 11.1. The van der Waals surface area contributed by atoms with Crippen LogP contribution in [0.1, 0.15) is 18.1 Å². The molecule has 0 fully saturated rings. The number of thiol groups is 1. The van der Waals surface area contributed by atoms with Crippen LogP contribution in [0, 0.1) is 0 Å². The topological polar surface area (TPSA) is 26.9 Å². The second kappa shape index (κ2) is 5.82. The molecule has 3 rings (SSSR count). The average molecular weight is 298 g/mol. The van der Waals surface area contributed by atoms with Crippen molar-refractivity contribution >= 4 is 23.7 Å². The van der Waals surface area contributed by atoms with Gasteiger partial charge < -0.3 is 0 Å². The highest BCUT2D eigenvalue weighted by atomic mass is 32.1. The summed E-state index contributed by atoms with van der Waals surface area (Å²) in [5.74, 6) is 0.732. The Morgan fingerprint density at radius 2 is 1.48 bits per heavy atom. The fourth-order valence-corrected chi connectivity index (χ4v) is 2.87. The number of imidazole rings is 1. The molecule has 0 saturated carbocycles. The Kier molecular flexibility index (Phi) is 3.88. The van der Waals surface area contributed by atoms with Crippen LogP contribution in [0.15, 0.2) is 53.3 Å². The Bertz CT molecular complexity index is 815. The Morgan fingerprint density at radius 3 is 2.05 bits per heavy atom. The molecule has 1 aromatic heterocycles. The first-order valence-corrected chi connectivity index (χ1v) is 7.74. The number of benzene rings is 2. The van der Waals surface area contributed by atoms with E-state index in [0.29, 0.717) is 13.1 Å². The molecule has 0 atom stereocenters. The highest BCUT2D eigenvalue weighted by molar-refractivity contribution is 7.79. The van der Waals surface area contributed by atoms with Gasteiger partial charge in [0.25, 0.3) is 0 Å². The molecule has 21 heavy (non-hydrogen) atoms. The molecule has 3 nitrogen and oxygen atoms in total. The van der Waals surface area contributed by atoms with Crippen LogP contribution >= 0.6 is 12.6 Å². The standard InChI is InChI=1S/C17H18N2OS/c1-2-18-15-5-3-4-6-16(15)19(17(18)20)11-13-7-9-14(12-21)10-8-13/h3-10,21H,2,11-12H2,1H3. The van der Waals surface area contributed by atoms with E-state index in [0.717, 1.165) is 22.3 Å². The maximum atomic E-state index is 12.6. The molecule has 0 amide bonds. The summed E-state index contributed by atoms with van der Waals surface area (Å²) >= 11 is 4.27. The minimum atomic E-state index is 0.0528. The number of para-hydroxylation sites is 2. The minimum absolute atomic E-state index is 0.0528. The van der Waals surface area contributed by atoms with Crippen molar-refractivity contribution in [1.82, 2.24) is 9.13 Å². The highest BCUT2D eigenvalue weighted by Crippen LogP contribution is 2.15. The first-order valence-electron chi connectivity index (χ1n) is 7.11. The largest absolute Gasteiger partial charge is 0.329 e. The summed E-state index contributed by atoms with van der Waals surface area (Å²) in [6.45, 7) is 3.28. The summed E-state index contributed by atoms with van der Waals surface area (Å²) in [6, 6.07) is 16.2. The second-order valence-corrected chi connectivity index (χ2v) is 5.39. The molecule has 0 unspecified atom stereocenters. The molecule has 0 aliphatic rings. The number of aryl methyl sites for hydroxylation is 1. The SMILES string of the molecule is CCn1c(=O)n(Cc2ccc(CS)cc2)c2ccccc21. The van der Waals surface area contributed by atoms with Crippen LogP contribution in [0.2, 0.25) is 0 Å². The first kappa shape index (κ1) is 14.0. The summed E-state index contributed by atoms with van der Waals surface area (Å²) in [4.78, 5) is 12.6. The Labute approximate surface area is 129 Å². The van der Waals surface area contributed by atoms with Gasteiger partial charge in [-0.15, -0.1) is 0 Å². The molecular formula is C17H18N2OS. The van der Waals surface area contributed by atoms with Gasteiger partial charge >= 0.3 is 5.69 Å². The van der Waals surface area contributed by atoms with Crippen molar-refractivity contribution in [3.8, 4) is 0 Å². The first-order chi connectivity index (χ1) is 10.2. The third-order valence-electron chi connectivity index (χ3n) is 3.79. The Hall–Kier alpha value is -1.94. The van der Waals surface area contributed by atoms with Crippen molar-refractivity contribution in [2.24, 2.45) is 0 Å². The molecule has 1 heterocycles.